The van der Waals surface area contributed by atoms with Gasteiger partial charge in [-0.1, -0.05) is 12.1 Å². The molecule has 2 aromatic rings. The molecule has 1 aliphatic rings. The zero-order valence-electron chi connectivity index (χ0n) is 11.6. The predicted molar refractivity (Wildman–Crippen MR) is 82.4 cm³/mol. The molecule has 0 unspecified atom stereocenters. The second-order valence-electron chi connectivity index (χ2n) is 4.68. The molecular formula is C15H17N3OS. The third-order valence-corrected chi connectivity index (χ3v) is 4.33. The molecule has 1 N–H and O–H groups in total. The van der Waals surface area contributed by atoms with Crippen LogP contribution in [0.2, 0.25) is 0 Å². The van der Waals surface area contributed by atoms with E-state index in [1.54, 1.807) is 7.11 Å². The summed E-state index contributed by atoms with van der Waals surface area (Å²) >= 11 is 1.89. The number of hydrogen-bond donors (Lipinski definition) is 1. The Hall–Kier alpha value is -1.75. The van der Waals surface area contributed by atoms with Crippen LogP contribution in [-0.2, 0) is 17.9 Å². The van der Waals surface area contributed by atoms with Gasteiger partial charge in [-0.2, -0.15) is 11.8 Å². The molecule has 1 aromatic carbocycles. The molecule has 104 valence electrons. The van der Waals surface area contributed by atoms with Crippen LogP contribution in [0.3, 0.4) is 0 Å². The number of ether oxygens (including phenoxy) is 1. The number of aromatic nitrogens is 2. The van der Waals surface area contributed by atoms with Crippen molar-refractivity contribution in [3.8, 4) is 5.75 Å². The first kappa shape index (κ1) is 13.2. The number of hydrogen-bond acceptors (Lipinski definition) is 5. The molecule has 0 saturated carbocycles. The Labute approximate surface area is 123 Å². The van der Waals surface area contributed by atoms with E-state index in [0.717, 1.165) is 40.9 Å². The van der Waals surface area contributed by atoms with E-state index < -0.39 is 0 Å². The molecule has 4 nitrogen and oxygen atoms in total. The summed E-state index contributed by atoms with van der Waals surface area (Å²) in [5, 5.41) is 3.19. The minimum Gasteiger partial charge on any atom is -0.497 e. The van der Waals surface area contributed by atoms with Crippen LogP contribution in [0.15, 0.2) is 24.3 Å². The van der Waals surface area contributed by atoms with Crippen LogP contribution in [0.5, 0.6) is 5.75 Å². The van der Waals surface area contributed by atoms with Gasteiger partial charge >= 0.3 is 0 Å². The molecule has 3 rings (SSSR count). The van der Waals surface area contributed by atoms with E-state index in [1.165, 1.54) is 11.3 Å². The van der Waals surface area contributed by atoms with Crippen molar-refractivity contribution in [3.05, 3.63) is 46.9 Å². The highest BCUT2D eigenvalue weighted by atomic mass is 32.2. The molecule has 0 fully saturated rings. The van der Waals surface area contributed by atoms with E-state index in [9.17, 15) is 0 Å². The molecule has 1 aromatic heterocycles. The van der Waals surface area contributed by atoms with E-state index in [0.29, 0.717) is 0 Å². The summed E-state index contributed by atoms with van der Waals surface area (Å²) in [5.41, 5.74) is 3.59. The van der Waals surface area contributed by atoms with Gasteiger partial charge in [-0.3, -0.25) is 0 Å². The number of rotatable bonds is 4. The lowest BCUT2D eigenvalue weighted by molar-refractivity contribution is 0.414. The highest BCUT2D eigenvalue weighted by molar-refractivity contribution is 7.98. The highest BCUT2D eigenvalue weighted by Gasteiger charge is 2.19. The Morgan fingerprint density at radius 3 is 3.00 bits per heavy atom. The largest absolute Gasteiger partial charge is 0.497 e. The Morgan fingerprint density at radius 2 is 2.20 bits per heavy atom. The van der Waals surface area contributed by atoms with Gasteiger partial charge in [0.25, 0.3) is 0 Å². The van der Waals surface area contributed by atoms with Gasteiger partial charge in [0.1, 0.15) is 17.4 Å². The number of methoxy groups -OCH3 is 1. The fourth-order valence-corrected chi connectivity index (χ4v) is 3.39. The van der Waals surface area contributed by atoms with Crippen molar-refractivity contribution in [1.29, 1.82) is 0 Å². The van der Waals surface area contributed by atoms with Crippen LogP contribution in [0, 0.1) is 0 Å². The molecule has 0 radical (unpaired) electrons. The number of fused-ring (bicyclic) bond motifs is 1. The molecule has 5 heteroatoms. The lowest BCUT2D eigenvalue weighted by Gasteiger charge is -2.09. The Morgan fingerprint density at radius 1 is 1.30 bits per heavy atom. The molecule has 1 aliphatic heterocycles. The third kappa shape index (κ3) is 2.58. The zero-order valence-corrected chi connectivity index (χ0v) is 12.5. The maximum Gasteiger partial charge on any atom is 0.135 e. The fraction of sp³-hybridized carbons (Fsp3) is 0.333. The van der Waals surface area contributed by atoms with E-state index in [1.807, 2.05) is 37.0 Å². The molecule has 0 aliphatic carbocycles. The van der Waals surface area contributed by atoms with E-state index in [-0.39, 0.29) is 0 Å². The summed E-state index contributed by atoms with van der Waals surface area (Å²) in [6.07, 6.45) is 0.726. The number of nitrogens with zero attached hydrogens (tertiary/aromatic N) is 2. The van der Waals surface area contributed by atoms with Crippen LogP contribution in [0.1, 0.15) is 22.6 Å². The third-order valence-electron chi connectivity index (χ3n) is 3.36. The SMILES string of the molecule is CNc1nc(Cc2cccc(OC)c2)nc2c1CSC2. The van der Waals surface area contributed by atoms with Crippen molar-refractivity contribution in [2.45, 2.75) is 17.9 Å². The van der Waals surface area contributed by atoms with Gasteiger partial charge in [-0.25, -0.2) is 9.97 Å². The summed E-state index contributed by atoms with van der Waals surface area (Å²) in [5.74, 6) is 4.69. The van der Waals surface area contributed by atoms with E-state index in [2.05, 4.69) is 16.4 Å². The minimum absolute atomic E-state index is 0.726. The Bertz CT molecular complexity index is 631. The molecule has 2 heterocycles. The summed E-state index contributed by atoms with van der Waals surface area (Å²) in [6, 6.07) is 8.05. The Balaban J connectivity index is 1.90. The van der Waals surface area contributed by atoms with Gasteiger partial charge < -0.3 is 10.1 Å². The first-order valence-electron chi connectivity index (χ1n) is 6.57. The van der Waals surface area contributed by atoms with Gasteiger partial charge in [0, 0.05) is 30.5 Å². The standard InChI is InChI=1S/C15H17N3OS/c1-16-15-12-8-20-9-13(12)17-14(18-15)7-10-4-3-5-11(6-10)19-2/h3-6H,7-9H2,1-2H3,(H,16,17,18). The molecule has 0 spiro atoms. The second-order valence-corrected chi connectivity index (χ2v) is 5.67. The number of thioether (sulfide) groups is 1. The highest BCUT2D eigenvalue weighted by Crippen LogP contribution is 2.32. The lowest BCUT2D eigenvalue weighted by atomic mass is 10.1. The maximum absolute atomic E-state index is 5.25. The molecule has 0 bridgehead atoms. The van der Waals surface area contributed by atoms with Crippen LogP contribution in [0.25, 0.3) is 0 Å². The zero-order chi connectivity index (χ0) is 13.9. The quantitative estimate of drug-likeness (QED) is 0.937. The van der Waals surface area contributed by atoms with Crippen molar-refractivity contribution < 1.29 is 4.74 Å². The lowest BCUT2D eigenvalue weighted by Crippen LogP contribution is -2.06. The van der Waals surface area contributed by atoms with Crippen molar-refractivity contribution in [1.82, 2.24) is 9.97 Å². The molecule has 20 heavy (non-hydrogen) atoms. The normalized spacial score (nSPS) is 13.1. The first-order valence-corrected chi connectivity index (χ1v) is 7.72. The Kier molecular flexibility index (Phi) is 3.78. The predicted octanol–water partition coefficient (Wildman–Crippen LogP) is 2.86. The van der Waals surface area contributed by atoms with E-state index >= 15 is 0 Å². The topological polar surface area (TPSA) is 47.0 Å². The van der Waals surface area contributed by atoms with Crippen molar-refractivity contribution in [2.24, 2.45) is 0 Å². The summed E-state index contributed by atoms with van der Waals surface area (Å²) in [4.78, 5) is 9.34. The van der Waals surface area contributed by atoms with Gasteiger partial charge in [-0.05, 0) is 17.7 Å². The summed E-state index contributed by atoms with van der Waals surface area (Å²) in [6.45, 7) is 0. The fourth-order valence-electron chi connectivity index (χ4n) is 2.35. The number of benzene rings is 1. The van der Waals surface area contributed by atoms with Gasteiger partial charge in [0.2, 0.25) is 0 Å². The van der Waals surface area contributed by atoms with Gasteiger partial charge in [0.15, 0.2) is 0 Å². The number of nitrogens with one attached hydrogen (secondary N) is 1. The smallest absolute Gasteiger partial charge is 0.135 e. The van der Waals surface area contributed by atoms with Crippen LogP contribution in [-0.4, -0.2) is 24.1 Å². The van der Waals surface area contributed by atoms with Crippen LogP contribution < -0.4 is 10.1 Å². The first-order chi connectivity index (χ1) is 9.80. The van der Waals surface area contributed by atoms with Crippen molar-refractivity contribution >= 4 is 17.6 Å². The van der Waals surface area contributed by atoms with Gasteiger partial charge in [-0.15, -0.1) is 0 Å². The van der Waals surface area contributed by atoms with Crippen molar-refractivity contribution in [3.63, 3.8) is 0 Å². The van der Waals surface area contributed by atoms with Gasteiger partial charge in [0.05, 0.1) is 12.8 Å². The molecular weight excluding hydrogens is 270 g/mol. The summed E-state index contributed by atoms with van der Waals surface area (Å²) < 4.78 is 5.25. The average molecular weight is 287 g/mol. The summed E-state index contributed by atoms with van der Waals surface area (Å²) in [7, 11) is 3.60. The maximum atomic E-state index is 5.25. The monoisotopic (exact) mass is 287 g/mol. The van der Waals surface area contributed by atoms with Crippen LogP contribution >= 0.6 is 11.8 Å². The number of anilines is 1. The van der Waals surface area contributed by atoms with Crippen LogP contribution in [0.4, 0.5) is 5.82 Å². The second kappa shape index (κ2) is 5.71. The van der Waals surface area contributed by atoms with E-state index in [4.69, 9.17) is 9.72 Å². The molecule has 0 amide bonds. The molecule has 0 atom stereocenters. The average Bonchev–Trinajstić information content (AvgIpc) is 2.95. The molecule has 0 saturated heterocycles. The van der Waals surface area contributed by atoms with Crippen molar-refractivity contribution in [2.75, 3.05) is 19.5 Å². The minimum atomic E-state index is 0.726.